The number of hydrogen-bond acceptors (Lipinski definition) is 4. The molecule has 4 heteroatoms. The zero-order valence-electron chi connectivity index (χ0n) is 7.99. The summed E-state index contributed by atoms with van der Waals surface area (Å²) in [4.78, 5) is 15.4. The lowest BCUT2D eigenvalue weighted by Crippen LogP contribution is -2.36. The second-order valence-corrected chi connectivity index (χ2v) is 3.23. The average Bonchev–Trinajstić information content (AvgIpc) is 2.15. The Morgan fingerprint density at radius 1 is 1.71 bits per heavy atom. The van der Waals surface area contributed by atoms with Gasteiger partial charge in [0.1, 0.15) is 0 Å². The standard InChI is InChI=1S/C10H12N2O2/c1-14-10(13)9-7(3-2-5-12-9)8-4-6-11-8/h2-3,5,8,11H,4,6H2,1H3. The largest absolute Gasteiger partial charge is 0.464 e. The van der Waals surface area contributed by atoms with Gasteiger partial charge in [-0.25, -0.2) is 9.78 Å². The molecule has 0 bridgehead atoms. The third kappa shape index (κ3) is 1.48. The molecule has 2 heterocycles. The van der Waals surface area contributed by atoms with Crippen molar-refractivity contribution in [3.63, 3.8) is 0 Å². The molecule has 1 fully saturated rings. The minimum absolute atomic E-state index is 0.262. The quantitative estimate of drug-likeness (QED) is 0.707. The molecular formula is C10H12N2O2. The summed E-state index contributed by atoms with van der Waals surface area (Å²) in [5, 5.41) is 3.23. The molecule has 74 valence electrons. The Kier molecular flexibility index (Phi) is 2.45. The van der Waals surface area contributed by atoms with Gasteiger partial charge in [-0.15, -0.1) is 0 Å². The van der Waals surface area contributed by atoms with E-state index in [4.69, 9.17) is 0 Å². The lowest BCUT2D eigenvalue weighted by Gasteiger charge is -2.28. The number of carbonyl (C=O) groups excluding carboxylic acids is 1. The molecule has 0 aliphatic carbocycles. The number of hydrogen-bond donors (Lipinski definition) is 1. The van der Waals surface area contributed by atoms with Gasteiger partial charge in [0.05, 0.1) is 7.11 Å². The monoisotopic (exact) mass is 192 g/mol. The van der Waals surface area contributed by atoms with E-state index in [-0.39, 0.29) is 12.0 Å². The first-order valence-electron chi connectivity index (χ1n) is 4.59. The first-order valence-corrected chi connectivity index (χ1v) is 4.59. The van der Waals surface area contributed by atoms with Gasteiger partial charge in [-0.1, -0.05) is 6.07 Å². The van der Waals surface area contributed by atoms with E-state index < -0.39 is 0 Å². The molecule has 2 rings (SSSR count). The Hall–Kier alpha value is -1.42. The second kappa shape index (κ2) is 3.75. The van der Waals surface area contributed by atoms with Crippen molar-refractivity contribution in [2.24, 2.45) is 0 Å². The van der Waals surface area contributed by atoms with E-state index in [1.807, 2.05) is 12.1 Å². The molecule has 1 unspecified atom stereocenters. The van der Waals surface area contributed by atoms with Crippen molar-refractivity contribution in [1.82, 2.24) is 10.3 Å². The fourth-order valence-electron chi connectivity index (χ4n) is 1.52. The van der Waals surface area contributed by atoms with Crippen molar-refractivity contribution in [3.8, 4) is 0 Å². The summed E-state index contributed by atoms with van der Waals surface area (Å²) in [7, 11) is 1.37. The van der Waals surface area contributed by atoms with Gasteiger partial charge in [0, 0.05) is 17.8 Å². The van der Waals surface area contributed by atoms with Crippen LogP contribution >= 0.6 is 0 Å². The van der Waals surface area contributed by atoms with Crippen LogP contribution in [0.1, 0.15) is 28.5 Å². The first-order chi connectivity index (χ1) is 6.83. The number of aromatic nitrogens is 1. The van der Waals surface area contributed by atoms with Gasteiger partial charge in [0.25, 0.3) is 0 Å². The number of rotatable bonds is 2. The lowest BCUT2D eigenvalue weighted by atomic mass is 9.96. The molecule has 0 amide bonds. The van der Waals surface area contributed by atoms with Crippen LogP contribution in [0.4, 0.5) is 0 Å². The van der Waals surface area contributed by atoms with E-state index in [0.29, 0.717) is 5.69 Å². The molecule has 0 saturated carbocycles. The van der Waals surface area contributed by atoms with E-state index in [2.05, 4.69) is 15.0 Å². The number of nitrogens with zero attached hydrogens (tertiary/aromatic N) is 1. The minimum atomic E-state index is -0.366. The SMILES string of the molecule is COC(=O)c1ncccc1C1CCN1. The summed E-state index contributed by atoms with van der Waals surface area (Å²) < 4.78 is 4.67. The molecule has 1 aliphatic rings. The second-order valence-electron chi connectivity index (χ2n) is 3.23. The molecule has 0 radical (unpaired) electrons. The zero-order chi connectivity index (χ0) is 9.97. The lowest BCUT2D eigenvalue weighted by molar-refractivity contribution is 0.0591. The Bertz CT molecular complexity index is 348. The van der Waals surface area contributed by atoms with E-state index in [1.165, 1.54) is 7.11 Å². The van der Waals surface area contributed by atoms with Crippen molar-refractivity contribution in [2.45, 2.75) is 12.5 Å². The molecule has 1 aliphatic heterocycles. The molecule has 4 nitrogen and oxygen atoms in total. The highest BCUT2D eigenvalue weighted by Crippen LogP contribution is 2.24. The number of carbonyl (C=O) groups is 1. The van der Waals surface area contributed by atoms with E-state index in [1.54, 1.807) is 6.20 Å². The molecule has 1 atom stereocenters. The number of methoxy groups -OCH3 is 1. The van der Waals surface area contributed by atoms with Gasteiger partial charge in [0.2, 0.25) is 0 Å². The number of pyridine rings is 1. The van der Waals surface area contributed by atoms with Crippen LogP contribution in [0.3, 0.4) is 0 Å². The molecule has 0 spiro atoms. The minimum Gasteiger partial charge on any atom is -0.464 e. The zero-order valence-corrected chi connectivity index (χ0v) is 7.99. The Morgan fingerprint density at radius 2 is 2.50 bits per heavy atom. The third-order valence-corrected chi connectivity index (χ3v) is 2.42. The molecule has 1 aromatic heterocycles. The van der Waals surface area contributed by atoms with Crippen LogP contribution in [-0.4, -0.2) is 24.6 Å². The van der Waals surface area contributed by atoms with Crippen molar-refractivity contribution < 1.29 is 9.53 Å². The maximum absolute atomic E-state index is 11.4. The highest BCUT2D eigenvalue weighted by molar-refractivity contribution is 5.88. The Balaban J connectivity index is 2.32. The van der Waals surface area contributed by atoms with Gasteiger partial charge in [-0.3, -0.25) is 0 Å². The van der Waals surface area contributed by atoms with Crippen molar-refractivity contribution >= 4 is 5.97 Å². The van der Waals surface area contributed by atoms with Crippen LogP contribution in [0.5, 0.6) is 0 Å². The van der Waals surface area contributed by atoms with E-state index in [9.17, 15) is 4.79 Å². The summed E-state index contributed by atoms with van der Waals surface area (Å²) in [5.74, 6) is -0.366. The molecule has 0 aromatic carbocycles. The van der Waals surface area contributed by atoms with E-state index >= 15 is 0 Å². The summed E-state index contributed by atoms with van der Waals surface area (Å²) in [6, 6.07) is 4.01. The van der Waals surface area contributed by atoms with Gasteiger partial charge < -0.3 is 10.1 Å². The summed E-state index contributed by atoms with van der Waals surface area (Å²) in [5.41, 5.74) is 1.36. The van der Waals surface area contributed by atoms with Crippen LogP contribution in [0, 0.1) is 0 Å². The number of ether oxygens (including phenoxy) is 1. The Morgan fingerprint density at radius 3 is 3.07 bits per heavy atom. The van der Waals surface area contributed by atoms with Gasteiger partial charge in [0.15, 0.2) is 5.69 Å². The first kappa shape index (κ1) is 9.15. The number of esters is 1. The summed E-state index contributed by atoms with van der Waals surface area (Å²) in [6.45, 7) is 1.00. The maximum Gasteiger partial charge on any atom is 0.356 e. The molecule has 1 saturated heterocycles. The third-order valence-electron chi connectivity index (χ3n) is 2.42. The molecule has 1 N–H and O–H groups in total. The number of nitrogens with one attached hydrogen (secondary N) is 1. The summed E-state index contributed by atoms with van der Waals surface area (Å²) >= 11 is 0. The van der Waals surface area contributed by atoms with Crippen molar-refractivity contribution in [2.75, 3.05) is 13.7 Å². The smallest absolute Gasteiger partial charge is 0.356 e. The van der Waals surface area contributed by atoms with Crippen LogP contribution in [0.2, 0.25) is 0 Å². The average molecular weight is 192 g/mol. The van der Waals surface area contributed by atoms with Crippen LogP contribution in [-0.2, 0) is 4.74 Å². The van der Waals surface area contributed by atoms with Crippen LogP contribution in [0.15, 0.2) is 18.3 Å². The van der Waals surface area contributed by atoms with Crippen molar-refractivity contribution in [3.05, 3.63) is 29.6 Å². The van der Waals surface area contributed by atoms with Gasteiger partial charge in [-0.2, -0.15) is 0 Å². The molecule has 14 heavy (non-hydrogen) atoms. The molecular weight excluding hydrogens is 180 g/mol. The predicted molar refractivity (Wildman–Crippen MR) is 50.9 cm³/mol. The normalized spacial score (nSPS) is 19.9. The van der Waals surface area contributed by atoms with Crippen LogP contribution in [0.25, 0.3) is 0 Å². The predicted octanol–water partition coefficient (Wildman–Crippen LogP) is 0.903. The topological polar surface area (TPSA) is 51.2 Å². The van der Waals surface area contributed by atoms with Crippen LogP contribution < -0.4 is 5.32 Å². The van der Waals surface area contributed by atoms with Crippen molar-refractivity contribution in [1.29, 1.82) is 0 Å². The fraction of sp³-hybridized carbons (Fsp3) is 0.400. The Labute approximate surface area is 82.3 Å². The fourth-order valence-corrected chi connectivity index (χ4v) is 1.52. The van der Waals surface area contributed by atoms with Gasteiger partial charge >= 0.3 is 5.97 Å². The maximum atomic E-state index is 11.4. The van der Waals surface area contributed by atoms with E-state index in [0.717, 1.165) is 18.5 Å². The van der Waals surface area contributed by atoms with Gasteiger partial charge in [-0.05, 0) is 19.0 Å². The molecule has 1 aromatic rings. The summed E-state index contributed by atoms with van der Waals surface area (Å²) in [6.07, 6.45) is 2.66. The highest BCUT2D eigenvalue weighted by Gasteiger charge is 2.24. The highest BCUT2D eigenvalue weighted by atomic mass is 16.5.